The molecule has 0 saturated carbocycles. The quantitative estimate of drug-likeness (QED) is 0.842. The van der Waals surface area contributed by atoms with Gasteiger partial charge in [0, 0.05) is 31.7 Å². The van der Waals surface area contributed by atoms with Gasteiger partial charge in [-0.1, -0.05) is 0 Å². The second-order valence-electron chi connectivity index (χ2n) is 5.48. The Morgan fingerprint density at radius 3 is 2.65 bits per heavy atom. The minimum absolute atomic E-state index is 0.130. The number of carboxylic acid groups (broad SMARTS) is 1. The van der Waals surface area contributed by atoms with Crippen LogP contribution in [0.25, 0.3) is 11.1 Å². The molecule has 1 saturated heterocycles. The standard InChI is InChI=1S/C15H17N3O5/c1-9(14(20)21)18-11-3-2-10(8-12(11)23-15(18)22)13(19)17-6-4-16-5-7-17/h2-3,8-9,16H,4-7H2,1H3,(H,20,21). The van der Waals surface area contributed by atoms with Crippen molar-refractivity contribution in [1.82, 2.24) is 14.8 Å². The molecular weight excluding hydrogens is 302 g/mol. The summed E-state index contributed by atoms with van der Waals surface area (Å²) in [6.07, 6.45) is 0. The summed E-state index contributed by atoms with van der Waals surface area (Å²) >= 11 is 0. The van der Waals surface area contributed by atoms with Crippen LogP contribution >= 0.6 is 0 Å². The number of nitrogens with one attached hydrogen (secondary N) is 1. The third-order valence-electron chi connectivity index (χ3n) is 4.01. The SMILES string of the molecule is CC(C(=O)O)n1c(=O)oc2cc(C(=O)N3CCNCC3)ccc21. The maximum Gasteiger partial charge on any atom is 0.420 e. The molecule has 0 radical (unpaired) electrons. The van der Waals surface area contributed by atoms with Crippen LogP contribution in [0.4, 0.5) is 0 Å². The number of aromatic nitrogens is 1. The molecule has 1 aliphatic heterocycles. The van der Waals surface area contributed by atoms with E-state index < -0.39 is 17.8 Å². The third-order valence-corrected chi connectivity index (χ3v) is 4.01. The predicted molar refractivity (Wildman–Crippen MR) is 81.6 cm³/mol. The van der Waals surface area contributed by atoms with Crippen LogP contribution in [0.5, 0.6) is 0 Å². The number of amides is 1. The van der Waals surface area contributed by atoms with Crippen molar-refractivity contribution >= 4 is 23.0 Å². The summed E-state index contributed by atoms with van der Waals surface area (Å²) in [7, 11) is 0. The largest absolute Gasteiger partial charge is 0.480 e. The summed E-state index contributed by atoms with van der Waals surface area (Å²) in [5.74, 6) is -2.01. The summed E-state index contributed by atoms with van der Waals surface area (Å²) in [6, 6.07) is 3.59. The van der Waals surface area contributed by atoms with Crippen LogP contribution in [0.1, 0.15) is 23.3 Å². The van der Waals surface area contributed by atoms with Crippen LogP contribution in [-0.4, -0.2) is 52.6 Å². The van der Waals surface area contributed by atoms with E-state index in [0.717, 1.165) is 17.7 Å². The second-order valence-corrected chi connectivity index (χ2v) is 5.48. The lowest BCUT2D eigenvalue weighted by molar-refractivity contribution is -0.140. The van der Waals surface area contributed by atoms with E-state index in [-0.39, 0.29) is 11.5 Å². The first kappa shape index (κ1) is 15.3. The molecule has 2 heterocycles. The lowest BCUT2D eigenvalue weighted by Gasteiger charge is -2.27. The van der Waals surface area contributed by atoms with E-state index >= 15 is 0 Å². The Morgan fingerprint density at radius 2 is 2.00 bits per heavy atom. The Labute approximate surface area is 131 Å². The monoisotopic (exact) mass is 319 g/mol. The summed E-state index contributed by atoms with van der Waals surface area (Å²) < 4.78 is 6.18. The number of piperazine rings is 1. The van der Waals surface area contributed by atoms with Gasteiger partial charge in [0.1, 0.15) is 6.04 Å². The fourth-order valence-corrected chi connectivity index (χ4v) is 2.70. The molecule has 1 aromatic carbocycles. The Hall–Kier alpha value is -2.61. The number of carbonyl (C=O) groups excluding carboxylic acids is 1. The minimum atomic E-state index is -1.13. The molecule has 1 amide bonds. The van der Waals surface area contributed by atoms with Crippen molar-refractivity contribution in [3.05, 3.63) is 34.3 Å². The van der Waals surface area contributed by atoms with Gasteiger partial charge in [-0.05, 0) is 25.1 Å². The van der Waals surface area contributed by atoms with Gasteiger partial charge in [-0.15, -0.1) is 0 Å². The summed E-state index contributed by atoms with van der Waals surface area (Å²) in [5.41, 5.74) is 0.995. The smallest absolute Gasteiger partial charge is 0.420 e. The normalized spacial score (nSPS) is 16.5. The van der Waals surface area contributed by atoms with Gasteiger partial charge in [0.2, 0.25) is 0 Å². The maximum atomic E-state index is 12.5. The van der Waals surface area contributed by atoms with E-state index in [0.29, 0.717) is 24.2 Å². The fourth-order valence-electron chi connectivity index (χ4n) is 2.70. The zero-order valence-electron chi connectivity index (χ0n) is 12.6. The molecule has 3 rings (SSSR count). The highest BCUT2D eigenvalue weighted by Gasteiger charge is 2.23. The van der Waals surface area contributed by atoms with E-state index in [1.54, 1.807) is 17.0 Å². The number of carboxylic acids is 1. The van der Waals surface area contributed by atoms with Gasteiger partial charge in [0.25, 0.3) is 5.91 Å². The highest BCUT2D eigenvalue weighted by Crippen LogP contribution is 2.20. The number of hydrogen-bond acceptors (Lipinski definition) is 5. The van der Waals surface area contributed by atoms with Gasteiger partial charge in [-0.3, -0.25) is 9.36 Å². The minimum Gasteiger partial charge on any atom is -0.480 e. The second kappa shape index (κ2) is 5.88. The third kappa shape index (κ3) is 2.72. The lowest BCUT2D eigenvalue weighted by Crippen LogP contribution is -2.46. The van der Waals surface area contributed by atoms with Gasteiger partial charge in [0.05, 0.1) is 5.52 Å². The molecule has 1 atom stereocenters. The van der Waals surface area contributed by atoms with Crippen LogP contribution in [-0.2, 0) is 4.79 Å². The van der Waals surface area contributed by atoms with Crippen LogP contribution in [0.15, 0.2) is 27.4 Å². The molecule has 2 N–H and O–H groups in total. The zero-order chi connectivity index (χ0) is 16.6. The van der Waals surface area contributed by atoms with Gasteiger partial charge >= 0.3 is 11.7 Å². The molecule has 23 heavy (non-hydrogen) atoms. The Kier molecular flexibility index (Phi) is 3.91. The van der Waals surface area contributed by atoms with Crippen LogP contribution in [0.2, 0.25) is 0 Å². The van der Waals surface area contributed by atoms with Crippen molar-refractivity contribution in [2.45, 2.75) is 13.0 Å². The molecule has 1 unspecified atom stereocenters. The highest BCUT2D eigenvalue weighted by molar-refractivity contribution is 5.97. The Bertz CT molecular complexity index is 816. The molecule has 8 nitrogen and oxygen atoms in total. The molecule has 8 heteroatoms. The van der Waals surface area contributed by atoms with Gasteiger partial charge < -0.3 is 19.7 Å². The number of fused-ring (bicyclic) bond motifs is 1. The van der Waals surface area contributed by atoms with Gasteiger partial charge in [-0.25, -0.2) is 9.59 Å². The summed E-state index contributed by atoms with van der Waals surface area (Å²) in [5, 5.41) is 12.3. The first-order valence-electron chi connectivity index (χ1n) is 7.37. The number of carbonyl (C=O) groups is 2. The van der Waals surface area contributed by atoms with E-state index in [2.05, 4.69) is 5.32 Å². The highest BCUT2D eigenvalue weighted by atomic mass is 16.4. The molecule has 1 fully saturated rings. The zero-order valence-corrected chi connectivity index (χ0v) is 12.6. The topological polar surface area (TPSA) is 105 Å². The van der Waals surface area contributed by atoms with E-state index in [1.165, 1.54) is 13.0 Å². The number of hydrogen-bond donors (Lipinski definition) is 2. The molecule has 1 aromatic heterocycles. The number of rotatable bonds is 3. The first-order valence-corrected chi connectivity index (χ1v) is 7.37. The van der Waals surface area contributed by atoms with Crippen LogP contribution in [0, 0.1) is 0 Å². The number of oxazole rings is 1. The predicted octanol–water partition coefficient (Wildman–Crippen LogP) is 0.286. The van der Waals surface area contributed by atoms with Crippen molar-refractivity contribution < 1.29 is 19.1 Å². The van der Waals surface area contributed by atoms with Crippen molar-refractivity contribution in [1.29, 1.82) is 0 Å². The lowest BCUT2D eigenvalue weighted by atomic mass is 10.1. The Balaban J connectivity index is 1.98. The molecular formula is C15H17N3O5. The number of benzene rings is 1. The fraction of sp³-hybridized carbons (Fsp3) is 0.400. The maximum absolute atomic E-state index is 12.5. The van der Waals surface area contributed by atoms with E-state index in [1.807, 2.05) is 0 Å². The molecule has 0 bridgehead atoms. The Morgan fingerprint density at radius 1 is 1.30 bits per heavy atom. The first-order chi connectivity index (χ1) is 11.0. The van der Waals surface area contributed by atoms with E-state index in [9.17, 15) is 14.4 Å². The average molecular weight is 319 g/mol. The van der Waals surface area contributed by atoms with Crippen LogP contribution in [0.3, 0.4) is 0 Å². The summed E-state index contributed by atoms with van der Waals surface area (Å²) in [4.78, 5) is 37.2. The number of nitrogens with zero attached hydrogens (tertiary/aromatic N) is 2. The number of aliphatic carboxylic acids is 1. The van der Waals surface area contributed by atoms with Crippen molar-refractivity contribution in [2.75, 3.05) is 26.2 Å². The van der Waals surface area contributed by atoms with Crippen molar-refractivity contribution in [2.24, 2.45) is 0 Å². The summed E-state index contributed by atoms with van der Waals surface area (Å²) in [6.45, 7) is 4.14. The van der Waals surface area contributed by atoms with Gasteiger partial charge in [-0.2, -0.15) is 0 Å². The molecule has 0 aliphatic carbocycles. The molecule has 122 valence electrons. The van der Waals surface area contributed by atoms with Crippen molar-refractivity contribution in [3.8, 4) is 0 Å². The van der Waals surface area contributed by atoms with Gasteiger partial charge in [0.15, 0.2) is 5.58 Å². The van der Waals surface area contributed by atoms with Crippen molar-refractivity contribution in [3.63, 3.8) is 0 Å². The average Bonchev–Trinajstić information content (AvgIpc) is 2.88. The molecule has 1 aliphatic rings. The molecule has 0 spiro atoms. The molecule has 2 aromatic rings. The van der Waals surface area contributed by atoms with Crippen LogP contribution < -0.4 is 11.1 Å². The van der Waals surface area contributed by atoms with E-state index in [4.69, 9.17) is 9.52 Å².